The first-order valence-corrected chi connectivity index (χ1v) is 12.8. The topological polar surface area (TPSA) is 77.7 Å². The van der Waals surface area contributed by atoms with Crippen LogP contribution in [0.5, 0.6) is 0 Å². The number of carbonyl (C=O) groups is 2. The number of likely N-dealkylation sites (N-methyl/N-ethyl adjacent to an activating group) is 1. The Morgan fingerprint density at radius 3 is 2.62 bits per heavy atom. The largest absolute Gasteiger partial charge is 0.378 e. The van der Waals surface area contributed by atoms with Crippen LogP contribution in [-0.4, -0.2) is 73.5 Å². The van der Waals surface area contributed by atoms with Gasteiger partial charge in [0.05, 0.1) is 24.4 Å². The number of fused-ring (bicyclic) bond motifs is 1. The van der Waals surface area contributed by atoms with Crippen LogP contribution in [0.25, 0.3) is 22.8 Å². The highest BCUT2D eigenvalue weighted by Gasteiger charge is 2.29. The number of carbonyl (C=O) groups excluding carboxylic acids is 2. The Bertz CT molecular complexity index is 1380. The molecule has 5 rings (SSSR count). The summed E-state index contributed by atoms with van der Waals surface area (Å²) in [5, 5.41) is 3.03. The molecule has 2 aliphatic heterocycles. The minimum absolute atomic E-state index is 0.00528. The number of amides is 2. The van der Waals surface area contributed by atoms with Gasteiger partial charge < -0.3 is 24.8 Å². The molecule has 0 saturated carbocycles. The minimum Gasteiger partial charge on any atom is -0.378 e. The van der Waals surface area contributed by atoms with Crippen LogP contribution in [-0.2, 0) is 16.0 Å². The van der Waals surface area contributed by atoms with Crippen molar-refractivity contribution in [1.82, 2.24) is 14.8 Å². The highest BCUT2D eigenvalue weighted by molar-refractivity contribution is 6.36. The molecule has 3 heterocycles. The van der Waals surface area contributed by atoms with E-state index in [1.165, 1.54) is 5.56 Å². The first-order valence-electron chi connectivity index (χ1n) is 12.8. The van der Waals surface area contributed by atoms with Gasteiger partial charge in [-0.15, -0.1) is 0 Å². The van der Waals surface area contributed by atoms with Crippen LogP contribution < -0.4 is 5.32 Å². The fourth-order valence-corrected chi connectivity index (χ4v) is 5.18. The molecular formula is C30H34N4O3. The Balaban J connectivity index is 1.53. The van der Waals surface area contributed by atoms with Crippen LogP contribution in [0.15, 0.2) is 42.5 Å². The van der Waals surface area contributed by atoms with Crippen molar-refractivity contribution in [2.75, 3.05) is 52.3 Å². The Morgan fingerprint density at radius 2 is 1.86 bits per heavy atom. The maximum absolute atomic E-state index is 13.3. The van der Waals surface area contributed by atoms with Crippen molar-refractivity contribution >= 4 is 29.2 Å². The van der Waals surface area contributed by atoms with Gasteiger partial charge >= 0.3 is 0 Å². The minimum atomic E-state index is -0.140. The molecule has 37 heavy (non-hydrogen) atoms. The third kappa shape index (κ3) is 4.97. The lowest BCUT2D eigenvalue weighted by molar-refractivity contribution is -0.110. The van der Waals surface area contributed by atoms with Gasteiger partial charge in [-0.3, -0.25) is 9.59 Å². The number of nitrogens with one attached hydrogen (secondary N) is 2. The van der Waals surface area contributed by atoms with E-state index in [0.717, 1.165) is 52.3 Å². The third-order valence-corrected chi connectivity index (χ3v) is 7.19. The number of morpholine rings is 1. The van der Waals surface area contributed by atoms with Gasteiger partial charge in [-0.05, 0) is 68.8 Å². The molecule has 2 amide bonds. The summed E-state index contributed by atoms with van der Waals surface area (Å²) in [6, 6.07) is 14.5. The third-order valence-electron chi connectivity index (χ3n) is 7.19. The lowest BCUT2D eigenvalue weighted by atomic mass is 9.93. The number of hydrogen-bond acceptors (Lipinski definition) is 4. The van der Waals surface area contributed by atoms with Gasteiger partial charge in [0.2, 0.25) is 0 Å². The molecule has 0 spiro atoms. The second-order valence-corrected chi connectivity index (χ2v) is 10.1. The van der Waals surface area contributed by atoms with Gasteiger partial charge in [0.15, 0.2) is 0 Å². The first kappa shape index (κ1) is 25.0. The number of rotatable bonds is 6. The molecule has 0 bridgehead atoms. The number of aryl methyl sites for hydroxylation is 1. The number of aromatic amines is 1. The number of nitrogens with zero attached hydrogens (tertiary/aromatic N) is 2. The van der Waals surface area contributed by atoms with Gasteiger partial charge in [-0.25, -0.2) is 0 Å². The first-order chi connectivity index (χ1) is 17.8. The number of benzene rings is 2. The smallest absolute Gasteiger partial charge is 0.256 e. The van der Waals surface area contributed by atoms with Crippen molar-refractivity contribution < 1.29 is 14.3 Å². The van der Waals surface area contributed by atoms with Crippen LogP contribution >= 0.6 is 0 Å². The molecule has 1 saturated heterocycles. The molecule has 2 aliphatic rings. The predicted molar refractivity (Wildman–Crippen MR) is 148 cm³/mol. The Hall–Kier alpha value is -3.68. The van der Waals surface area contributed by atoms with Gasteiger partial charge in [0.1, 0.15) is 0 Å². The van der Waals surface area contributed by atoms with Crippen molar-refractivity contribution in [2.45, 2.75) is 20.3 Å². The Labute approximate surface area is 218 Å². The van der Waals surface area contributed by atoms with E-state index in [9.17, 15) is 9.59 Å². The van der Waals surface area contributed by atoms with E-state index in [0.29, 0.717) is 37.4 Å². The molecule has 0 unspecified atom stereocenters. The summed E-state index contributed by atoms with van der Waals surface area (Å²) in [5.41, 5.74) is 8.76. The monoisotopic (exact) mass is 498 g/mol. The van der Waals surface area contributed by atoms with Crippen molar-refractivity contribution in [3.05, 3.63) is 76.1 Å². The molecule has 0 radical (unpaired) electrons. The second-order valence-electron chi connectivity index (χ2n) is 10.1. The Kier molecular flexibility index (Phi) is 7.00. The van der Waals surface area contributed by atoms with E-state index in [1.807, 2.05) is 37.0 Å². The Morgan fingerprint density at radius 1 is 1.11 bits per heavy atom. The molecule has 2 aromatic carbocycles. The van der Waals surface area contributed by atoms with Crippen LogP contribution in [0.1, 0.15) is 38.4 Å². The predicted octanol–water partition coefficient (Wildman–Crippen LogP) is 4.37. The highest BCUT2D eigenvalue weighted by Crippen LogP contribution is 2.41. The standard InChI is InChI=1S/C30H34N4O3/c1-19-26(31-20(2)27(19)30(36)34-13-15-37-16-14-34)18-24-28-23(9-6-10-25(28)32-29(24)35)22-8-5-7-21(17-22)11-12-33(3)4/h5-10,17-18,31H,11-16H2,1-4H3,(H,32,35). The molecule has 1 fully saturated rings. The normalized spacial score (nSPS) is 16.4. The van der Waals surface area contributed by atoms with Crippen LogP contribution in [0.4, 0.5) is 5.69 Å². The average Bonchev–Trinajstić information content (AvgIpc) is 3.37. The van der Waals surface area contributed by atoms with Crippen LogP contribution in [0, 0.1) is 13.8 Å². The molecular weight excluding hydrogens is 464 g/mol. The number of anilines is 1. The van der Waals surface area contributed by atoms with E-state index < -0.39 is 0 Å². The zero-order valence-electron chi connectivity index (χ0n) is 22.0. The van der Waals surface area contributed by atoms with E-state index >= 15 is 0 Å². The second kappa shape index (κ2) is 10.4. The average molecular weight is 499 g/mol. The van der Waals surface area contributed by atoms with Gasteiger partial charge in [0.25, 0.3) is 11.8 Å². The molecule has 2 N–H and O–H groups in total. The molecule has 192 valence electrons. The lowest BCUT2D eigenvalue weighted by Gasteiger charge is -2.27. The van der Waals surface area contributed by atoms with Crippen molar-refractivity contribution in [1.29, 1.82) is 0 Å². The van der Waals surface area contributed by atoms with Gasteiger partial charge in [-0.2, -0.15) is 0 Å². The van der Waals surface area contributed by atoms with Crippen LogP contribution in [0.3, 0.4) is 0 Å². The summed E-state index contributed by atoms with van der Waals surface area (Å²) >= 11 is 0. The van der Waals surface area contributed by atoms with Crippen LogP contribution in [0.2, 0.25) is 0 Å². The highest BCUT2D eigenvalue weighted by atomic mass is 16.5. The molecule has 3 aromatic rings. The number of H-pyrrole nitrogens is 1. The maximum Gasteiger partial charge on any atom is 0.256 e. The number of ether oxygens (including phenoxy) is 1. The number of hydrogen-bond donors (Lipinski definition) is 2. The zero-order chi connectivity index (χ0) is 26.1. The quantitative estimate of drug-likeness (QED) is 0.495. The number of aromatic nitrogens is 1. The van der Waals surface area contributed by atoms with E-state index in [2.05, 4.69) is 59.6 Å². The van der Waals surface area contributed by atoms with Gasteiger partial charge in [-0.1, -0.05) is 36.4 Å². The SMILES string of the molecule is Cc1[nH]c(C=C2C(=O)Nc3cccc(-c4cccc(CCN(C)C)c4)c32)c(C)c1C(=O)N1CCOCC1. The summed E-state index contributed by atoms with van der Waals surface area (Å²) in [6.45, 7) is 7.12. The van der Waals surface area contributed by atoms with Crippen molar-refractivity contribution in [3.8, 4) is 11.1 Å². The summed E-state index contributed by atoms with van der Waals surface area (Å²) in [6.07, 6.45) is 2.84. The van der Waals surface area contributed by atoms with E-state index in [-0.39, 0.29) is 11.8 Å². The van der Waals surface area contributed by atoms with E-state index in [4.69, 9.17) is 4.74 Å². The molecule has 1 aromatic heterocycles. The molecule has 0 aliphatic carbocycles. The fourth-order valence-electron chi connectivity index (χ4n) is 5.18. The summed E-state index contributed by atoms with van der Waals surface area (Å²) in [7, 11) is 4.15. The molecule has 7 heteroatoms. The fraction of sp³-hybridized carbons (Fsp3) is 0.333. The van der Waals surface area contributed by atoms with Crippen molar-refractivity contribution in [2.24, 2.45) is 0 Å². The summed E-state index contributed by atoms with van der Waals surface area (Å²) in [5.74, 6) is -0.135. The van der Waals surface area contributed by atoms with Gasteiger partial charge in [0, 0.05) is 42.3 Å². The maximum atomic E-state index is 13.3. The van der Waals surface area contributed by atoms with Crippen molar-refractivity contribution in [3.63, 3.8) is 0 Å². The molecule has 7 nitrogen and oxygen atoms in total. The molecule has 0 atom stereocenters. The summed E-state index contributed by atoms with van der Waals surface area (Å²) in [4.78, 5) is 33.8. The lowest BCUT2D eigenvalue weighted by Crippen LogP contribution is -2.41. The van der Waals surface area contributed by atoms with E-state index in [1.54, 1.807) is 0 Å². The zero-order valence-corrected chi connectivity index (χ0v) is 22.0. The summed E-state index contributed by atoms with van der Waals surface area (Å²) < 4.78 is 5.41.